The van der Waals surface area contributed by atoms with Gasteiger partial charge in [-0.15, -0.1) is 0 Å². The van der Waals surface area contributed by atoms with Gasteiger partial charge in [0.15, 0.2) is 0 Å². The van der Waals surface area contributed by atoms with E-state index in [0.29, 0.717) is 0 Å². The second kappa shape index (κ2) is 11.9. The van der Waals surface area contributed by atoms with E-state index in [1.54, 1.807) is 0 Å². The first-order chi connectivity index (χ1) is 8.24. The summed E-state index contributed by atoms with van der Waals surface area (Å²) < 4.78 is 0. The quantitative estimate of drug-likeness (QED) is 0.350. The number of hydrogen-bond acceptors (Lipinski definition) is 6. The molecule has 0 aromatic rings. The van der Waals surface area contributed by atoms with Crippen LogP contribution in [-0.4, -0.2) is 83.2 Å². The minimum atomic E-state index is 0.723. The van der Waals surface area contributed by atoms with E-state index in [9.17, 15) is 0 Å². The molecule has 1 aliphatic heterocycles. The molecule has 102 valence electrons. The van der Waals surface area contributed by atoms with Crippen LogP contribution < -0.4 is 16.0 Å². The van der Waals surface area contributed by atoms with Crippen molar-refractivity contribution in [1.29, 1.82) is 5.41 Å². The lowest BCUT2D eigenvalue weighted by molar-refractivity contribution is 0.230. The van der Waals surface area contributed by atoms with Gasteiger partial charge in [0.2, 0.25) is 0 Å². The lowest BCUT2D eigenvalue weighted by Gasteiger charge is -2.26. The van der Waals surface area contributed by atoms with E-state index in [0.717, 1.165) is 33.0 Å². The topological polar surface area (TPSA) is 66.4 Å². The van der Waals surface area contributed by atoms with E-state index in [2.05, 4.69) is 20.9 Å². The zero-order valence-electron chi connectivity index (χ0n) is 11.4. The standard InChI is InChI=1S/C6H15N3.C5H13N3/c1-7-6-9-4-2-8-3-5-9;1-7-5-8(2)4-3-6/h7-8H,2-6H2,1H3;3,6-7H,4-5H2,1-2H3. The van der Waals surface area contributed by atoms with Gasteiger partial charge in [-0.3, -0.25) is 9.80 Å². The molecule has 1 fully saturated rings. The maximum absolute atomic E-state index is 6.72. The molecule has 4 N–H and O–H groups in total. The van der Waals surface area contributed by atoms with Gasteiger partial charge < -0.3 is 21.4 Å². The average molecular weight is 244 g/mol. The van der Waals surface area contributed by atoms with E-state index in [-0.39, 0.29) is 0 Å². The maximum atomic E-state index is 6.72. The van der Waals surface area contributed by atoms with Gasteiger partial charge in [-0.05, 0) is 21.1 Å². The molecule has 1 saturated heterocycles. The van der Waals surface area contributed by atoms with Crippen LogP contribution in [0.3, 0.4) is 0 Å². The fourth-order valence-corrected chi connectivity index (χ4v) is 1.58. The molecule has 0 atom stereocenters. The molecule has 6 heteroatoms. The first-order valence-electron chi connectivity index (χ1n) is 6.14. The zero-order chi connectivity index (χ0) is 12.9. The number of hydrogen-bond donors (Lipinski definition) is 4. The van der Waals surface area contributed by atoms with Crippen molar-refractivity contribution < 1.29 is 0 Å². The van der Waals surface area contributed by atoms with Crippen LogP contribution in [0, 0.1) is 5.41 Å². The first-order valence-corrected chi connectivity index (χ1v) is 6.14. The van der Waals surface area contributed by atoms with E-state index in [1.165, 1.54) is 19.3 Å². The van der Waals surface area contributed by atoms with Crippen LogP contribution in [0.5, 0.6) is 0 Å². The molecule has 0 aliphatic carbocycles. The predicted octanol–water partition coefficient (Wildman–Crippen LogP) is -1.19. The van der Waals surface area contributed by atoms with Gasteiger partial charge >= 0.3 is 0 Å². The molecule has 0 saturated carbocycles. The minimum Gasteiger partial charge on any atom is -0.314 e. The van der Waals surface area contributed by atoms with Crippen molar-refractivity contribution in [2.24, 2.45) is 0 Å². The van der Waals surface area contributed by atoms with Crippen molar-refractivity contribution in [2.45, 2.75) is 0 Å². The molecule has 0 bridgehead atoms. The van der Waals surface area contributed by atoms with Crippen molar-refractivity contribution in [1.82, 2.24) is 25.8 Å². The van der Waals surface area contributed by atoms with E-state index >= 15 is 0 Å². The smallest absolute Gasteiger partial charge is 0.0479 e. The monoisotopic (exact) mass is 244 g/mol. The van der Waals surface area contributed by atoms with Gasteiger partial charge in [0.1, 0.15) is 0 Å². The molecular weight excluding hydrogens is 216 g/mol. The highest BCUT2D eigenvalue weighted by molar-refractivity contribution is 5.55. The minimum absolute atomic E-state index is 0.723. The molecule has 0 aromatic carbocycles. The Balaban J connectivity index is 0.000000304. The van der Waals surface area contributed by atoms with Crippen LogP contribution in [0.2, 0.25) is 0 Å². The predicted molar refractivity (Wildman–Crippen MR) is 73.7 cm³/mol. The van der Waals surface area contributed by atoms with Gasteiger partial charge in [0, 0.05) is 52.3 Å². The molecule has 6 nitrogen and oxygen atoms in total. The molecule has 17 heavy (non-hydrogen) atoms. The molecular formula is C11H28N6. The summed E-state index contributed by atoms with van der Waals surface area (Å²) in [5.74, 6) is 0. The molecule has 1 rings (SSSR count). The highest BCUT2D eigenvalue weighted by Crippen LogP contribution is 1.87. The summed E-state index contributed by atoms with van der Waals surface area (Å²) in [5.41, 5.74) is 0. The molecule has 0 radical (unpaired) electrons. The molecule has 0 spiro atoms. The number of nitrogens with one attached hydrogen (secondary N) is 4. The summed E-state index contributed by atoms with van der Waals surface area (Å²) in [6.45, 7) is 7.24. The van der Waals surface area contributed by atoms with Crippen LogP contribution in [0.1, 0.15) is 0 Å². The SMILES string of the molecule is CNCN(C)CC=N.CNCN1CCNCC1. The molecule has 0 aromatic heterocycles. The second-order valence-corrected chi connectivity index (χ2v) is 4.13. The highest BCUT2D eigenvalue weighted by Gasteiger charge is 2.06. The molecule has 1 aliphatic rings. The highest BCUT2D eigenvalue weighted by atomic mass is 15.2. The molecule has 1 heterocycles. The summed E-state index contributed by atoms with van der Waals surface area (Å²) in [6.07, 6.45) is 1.39. The largest absolute Gasteiger partial charge is 0.314 e. The Morgan fingerprint density at radius 2 is 1.94 bits per heavy atom. The third-order valence-electron chi connectivity index (χ3n) is 2.42. The van der Waals surface area contributed by atoms with Gasteiger partial charge in [0.25, 0.3) is 0 Å². The Hall–Kier alpha value is -0.530. The van der Waals surface area contributed by atoms with Crippen molar-refractivity contribution >= 4 is 6.21 Å². The van der Waals surface area contributed by atoms with Gasteiger partial charge in [-0.1, -0.05) is 0 Å². The van der Waals surface area contributed by atoms with Gasteiger partial charge in [-0.25, -0.2) is 0 Å². The van der Waals surface area contributed by atoms with E-state index < -0.39 is 0 Å². The maximum Gasteiger partial charge on any atom is 0.0479 e. The number of piperazine rings is 1. The van der Waals surface area contributed by atoms with Crippen LogP contribution in [0.15, 0.2) is 0 Å². The van der Waals surface area contributed by atoms with E-state index in [1.807, 2.05) is 26.0 Å². The summed E-state index contributed by atoms with van der Waals surface area (Å²) in [7, 11) is 5.84. The summed E-state index contributed by atoms with van der Waals surface area (Å²) in [5, 5.41) is 16.1. The Morgan fingerprint density at radius 1 is 1.29 bits per heavy atom. The second-order valence-electron chi connectivity index (χ2n) is 4.13. The lowest BCUT2D eigenvalue weighted by Crippen LogP contribution is -2.46. The third-order valence-corrected chi connectivity index (χ3v) is 2.42. The number of rotatable bonds is 6. The summed E-state index contributed by atoms with van der Waals surface area (Å²) in [6, 6.07) is 0. The van der Waals surface area contributed by atoms with E-state index in [4.69, 9.17) is 5.41 Å². The summed E-state index contributed by atoms with van der Waals surface area (Å²) >= 11 is 0. The van der Waals surface area contributed by atoms with Crippen molar-refractivity contribution in [3.8, 4) is 0 Å². The molecule has 0 amide bonds. The Kier molecular flexibility index (Phi) is 11.6. The Labute approximate surface area is 105 Å². The Morgan fingerprint density at radius 3 is 2.41 bits per heavy atom. The van der Waals surface area contributed by atoms with Crippen LogP contribution in [0.4, 0.5) is 0 Å². The lowest BCUT2D eigenvalue weighted by atomic mass is 10.4. The average Bonchev–Trinajstić information content (AvgIpc) is 2.32. The zero-order valence-corrected chi connectivity index (χ0v) is 11.4. The normalized spacial score (nSPS) is 16.5. The van der Waals surface area contributed by atoms with Crippen molar-refractivity contribution in [2.75, 3.05) is 67.2 Å². The first kappa shape index (κ1) is 16.5. The third kappa shape index (κ3) is 10.3. The van der Waals surface area contributed by atoms with Crippen LogP contribution in [-0.2, 0) is 0 Å². The molecule has 0 unspecified atom stereocenters. The van der Waals surface area contributed by atoms with Gasteiger partial charge in [0.05, 0.1) is 0 Å². The number of nitrogens with zero attached hydrogens (tertiary/aromatic N) is 2. The van der Waals surface area contributed by atoms with Gasteiger partial charge in [-0.2, -0.15) is 0 Å². The fourth-order valence-electron chi connectivity index (χ4n) is 1.58. The fraction of sp³-hybridized carbons (Fsp3) is 0.909. The van der Waals surface area contributed by atoms with Crippen LogP contribution in [0.25, 0.3) is 0 Å². The van der Waals surface area contributed by atoms with Crippen molar-refractivity contribution in [3.05, 3.63) is 0 Å². The van der Waals surface area contributed by atoms with Crippen LogP contribution >= 0.6 is 0 Å². The van der Waals surface area contributed by atoms with Crippen molar-refractivity contribution in [3.63, 3.8) is 0 Å². The Bertz CT molecular complexity index is 167. The summed E-state index contributed by atoms with van der Waals surface area (Å²) in [4.78, 5) is 4.41.